The lowest BCUT2D eigenvalue weighted by atomic mass is 10.2. The summed E-state index contributed by atoms with van der Waals surface area (Å²) in [5.41, 5.74) is 0.952. The van der Waals surface area contributed by atoms with E-state index < -0.39 is 12.0 Å². The van der Waals surface area contributed by atoms with Gasteiger partial charge in [0.25, 0.3) is 0 Å². The first kappa shape index (κ1) is 12.0. The molecule has 82 valence electrons. The largest absolute Gasteiger partial charge is 0.480 e. The van der Waals surface area contributed by atoms with Crippen LogP contribution in [0, 0.1) is 0 Å². The van der Waals surface area contributed by atoms with E-state index in [0.717, 1.165) is 12.1 Å². The fourth-order valence-corrected chi connectivity index (χ4v) is 1.44. The van der Waals surface area contributed by atoms with Crippen molar-refractivity contribution in [3.8, 4) is 0 Å². The summed E-state index contributed by atoms with van der Waals surface area (Å²) in [4.78, 5) is 14.8. The van der Waals surface area contributed by atoms with Gasteiger partial charge < -0.3 is 10.4 Å². The van der Waals surface area contributed by atoms with Gasteiger partial charge in [-0.2, -0.15) is 12.6 Å². The van der Waals surface area contributed by atoms with Crippen molar-refractivity contribution in [1.29, 1.82) is 0 Å². The smallest absolute Gasteiger partial charge is 0.321 e. The van der Waals surface area contributed by atoms with Crippen molar-refractivity contribution in [3.63, 3.8) is 0 Å². The average Bonchev–Trinajstić information content (AvgIpc) is 2.25. The summed E-state index contributed by atoms with van der Waals surface area (Å²) >= 11 is 3.96. The van der Waals surface area contributed by atoms with Gasteiger partial charge in [-0.1, -0.05) is 6.07 Å². The zero-order valence-corrected chi connectivity index (χ0v) is 9.15. The first-order valence-electron chi connectivity index (χ1n) is 4.71. The number of thiol groups is 1. The molecule has 0 saturated heterocycles. The van der Waals surface area contributed by atoms with Crippen molar-refractivity contribution in [3.05, 3.63) is 30.1 Å². The van der Waals surface area contributed by atoms with Crippen LogP contribution in [0.4, 0.5) is 0 Å². The Hall–Kier alpha value is -1.07. The zero-order valence-electron chi connectivity index (χ0n) is 8.26. The molecule has 1 unspecified atom stereocenters. The molecule has 1 atom stereocenters. The van der Waals surface area contributed by atoms with Gasteiger partial charge in [0.1, 0.15) is 6.04 Å². The van der Waals surface area contributed by atoms with Crippen molar-refractivity contribution < 1.29 is 9.90 Å². The topological polar surface area (TPSA) is 62.2 Å². The molecule has 0 saturated carbocycles. The molecule has 1 aromatic rings. The van der Waals surface area contributed by atoms with Crippen molar-refractivity contribution in [1.82, 2.24) is 10.3 Å². The number of carbonyl (C=O) groups is 1. The normalized spacial score (nSPS) is 12.3. The Balaban J connectivity index is 2.30. The van der Waals surface area contributed by atoms with E-state index in [0.29, 0.717) is 6.54 Å². The predicted octanol–water partition coefficient (Wildman–Crippen LogP) is 0.597. The molecule has 0 amide bonds. The van der Waals surface area contributed by atoms with Crippen molar-refractivity contribution >= 4 is 18.6 Å². The standard InChI is InChI=1S/C10H14N2O2S/c13-10(14)9(7-15)12-6-4-8-3-1-2-5-11-8/h1-3,5,9,12,15H,4,6-7H2,(H,13,14). The highest BCUT2D eigenvalue weighted by Gasteiger charge is 2.13. The molecule has 1 rings (SSSR count). The number of nitrogens with zero attached hydrogens (tertiary/aromatic N) is 1. The van der Waals surface area contributed by atoms with Gasteiger partial charge in [0, 0.05) is 30.6 Å². The molecular formula is C10H14N2O2S. The van der Waals surface area contributed by atoms with Crippen LogP contribution in [0.1, 0.15) is 5.69 Å². The molecule has 5 heteroatoms. The first-order chi connectivity index (χ1) is 7.24. The molecule has 0 radical (unpaired) electrons. The van der Waals surface area contributed by atoms with E-state index >= 15 is 0 Å². The second kappa shape index (κ2) is 6.42. The molecule has 0 aliphatic heterocycles. The summed E-state index contributed by atoms with van der Waals surface area (Å²) < 4.78 is 0. The highest BCUT2D eigenvalue weighted by Crippen LogP contribution is 1.94. The molecule has 1 aromatic heterocycles. The second-order valence-electron chi connectivity index (χ2n) is 3.10. The molecule has 0 aromatic carbocycles. The van der Waals surface area contributed by atoms with E-state index in [4.69, 9.17) is 5.11 Å². The van der Waals surface area contributed by atoms with Crippen LogP contribution in [0.25, 0.3) is 0 Å². The SMILES string of the molecule is O=C(O)C(CS)NCCc1ccccn1. The van der Waals surface area contributed by atoms with Gasteiger partial charge in [-0.05, 0) is 12.1 Å². The highest BCUT2D eigenvalue weighted by atomic mass is 32.1. The molecule has 1 heterocycles. The molecule has 0 spiro atoms. The Morgan fingerprint density at radius 2 is 2.40 bits per heavy atom. The molecule has 0 aliphatic carbocycles. The number of hydrogen-bond acceptors (Lipinski definition) is 4. The summed E-state index contributed by atoms with van der Waals surface area (Å²) in [7, 11) is 0. The van der Waals surface area contributed by atoms with Gasteiger partial charge in [0.2, 0.25) is 0 Å². The van der Waals surface area contributed by atoms with Crippen molar-refractivity contribution in [2.24, 2.45) is 0 Å². The molecule has 0 fully saturated rings. The van der Waals surface area contributed by atoms with E-state index in [2.05, 4.69) is 22.9 Å². The quantitative estimate of drug-likeness (QED) is 0.622. The average molecular weight is 226 g/mol. The number of carboxylic acids is 1. The first-order valence-corrected chi connectivity index (χ1v) is 5.34. The second-order valence-corrected chi connectivity index (χ2v) is 3.46. The third-order valence-electron chi connectivity index (χ3n) is 1.98. The van der Waals surface area contributed by atoms with Gasteiger partial charge >= 0.3 is 5.97 Å². The van der Waals surface area contributed by atoms with E-state index in [1.54, 1.807) is 6.20 Å². The summed E-state index contributed by atoms with van der Waals surface area (Å²) in [6, 6.07) is 5.09. The van der Waals surface area contributed by atoms with Crippen molar-refractivity contribution in [2.75, 3.05) is 12.3 Å². The third kappa shape index (κ3) is 4.31. The van der Waals surface area contributed by atoms with Gasteiger partial charge in [0.05, 0.1) is 0 Å². The number of hydrogen-bond donors (Lipinski definition) is 3. The lowest BCUT2D eigenvalue weighted by Crippen LogP contribution is -2.39. The minimum Gasteiger partial charge on any atom is -0.480 e. The number of aliphatic carboxylic acids is 1. The van der Waals surface area contributed by atoms with Gasteiger partial charge in [-0.25, -0.2) is 0 Å². The van der Waals surface area contributed by atoms with Crippen LogP contribution in [0.3, 0.4) is 0 Å². The Labute approximate surface area is 94.1 Å². The number of pyridine rings is 1. The van der Waals surface area contributed by atoms with E-state index in [-0.39, 0.29) is 5.75 Å². The highest BCUT2D eigenvalue weighted by molar-refractivity contribution is 7.80. The van der Waals surface area contributed by atoms with Crippen LogP contribution in [-0.2, 0) is 11.2 Å². The summed E-state index contributed by atoms with van der Waals surface area (Å²) in [5, 5.41) is 11.6. The summed E-state index contributed by atoms with van der Waals surface area (Å²) in [6.45, 7) is 0.592. The van der Waals surface area contributed by atoms with Crippen molar-refractivity contribution in [2.45, 2.75) is 12.5 Å². The Bertz CT molecular complexity index is 306. The maximum atomic E-state index is 10.6. The van der Waals surface area contributed by atoms with Gasteiger partial charge in [-0.15, -0.1) is 0 Å². The maximum Gasteiger partial charge on any atom is 0.321 e. The van der Waals surface area contributed by atoms with E-state index in [9.17, 15) is 4.79 Å². The molecule has 0 bridgehead atoms. The van der Waals surface area contributed by atoms with E-state index in [1.165, 1.54) is 0 Å². The van der Waals surface area contributed by atoms with Crippen LogP contribution in [0.15, 0.2) is 24.4 Å². The lowest BCUT2D eigenvalue weighted by Gasteiger charge is -2.10. The molecule has 0 aliphatic rings. The van der Waals surface area contributed by atoms with E-state index in [1.807, 2.05) is 18.2 Å². The number of aromatic nitrogens is 1. The number of rotatable bonds is 6. The molecule has 4 nitrogen and oxygen atoms in total. The minimum absolute atomic E-state index is 0.289. The fraction of sp³-hybridized carbons (Fsp3) is 0.400. The fourth-order valence-electron chi connectivity index (χ4n) is 1.15. The molecular weight excluding hydrogens is 212 g/mol. The summed E-state index contributed by atoms with van der Waals surface area (Å²) in [6.07, 6.45) is 2.45. The maximum absolute atomic E-state index is 10.6. The molecule has 2 N–H and O–H groups in total. The van der Waals surface area contributed by atoms with Crippen LogP contribution in [0.2, 0.25) is 0 Å². The van der Waals surface area contributed by atoms with Crippen LogP contribution in [-0.4, -0.2) is 34.4 Å². The Morgan fingerprint density at radius 3 is 2.93 bits per heavy atom. The van der Waals surface area contributed by atoms with Crippen LogP contribution < -0.4 is 5.32 Å². The predicted molar refractivity (Wildman–Crippen MR) is 61.2 cm³/mol. The lowest BCUT2D eigenvalue weighted by molar-refractivity contribution is -0.138. The minimum atomic E-state index is -0.869. The number of carboxylic acid groups (broad SMARTS) is 1. The molecule has 15 heavy (non-hydrogen) atoms. The zero-order chi connectivity index (χ0) is 11.1. The Morgan fingerprint density at radius 1 is 1.60 bits per heavy atom. The van der Waals surface area contributed by atoms with Crippen LogP contribution in [0.5, 0.6) is 0 Å². The Kier molecular flexibility index (Phi) is 5.14. The van der Waals surface area contributed by atoms with Crippen LogP contribution >= 0.6 is 12.6 Å². The third-order valence-corrected chi connectivity index (χ3v) is 2.34. The van der Waals surface area contributed by atoms with Gasteiger partial charge in [-0.3, -0.25) is 9.78 Å². The van der Waals surface area contributed by atoms with Gasteiger partial charge in [0.15, 0.2) is 0 Å². The monoisotopic (exact) mass is 226 g/mol. The number of nitrogens with one attached hydrogen (secondary N) is 1. The summed E-state index contributed by atoms with van der Waals surface area (Å²) in [5.74, 6) is -0.580.